The molecular formula is C15H20ClN3. The molecule has 1 heterocycles. The topological polar surface area (TPSA) is 29.9 Å². The van der Waals surface area contributed by atoms with Gasteiger partial charge in [-0.1, -0.05) is 24.6 Å². The minimum atomic E-state index is 0.298. The Morgan fingerprint density at radius 2 is 2.21 bits per heavy atom. The van der Waals surface area contributed by atoms with Crippen LogP contribution in [0.1, 0.15) is 29.7 Å². The fourth-order valence-corrected chi connectivity index (χ4v) is 2.61. The van der Waals surface area contributed by atoms with Crippen LogP contribution in [0.2, 0.25) is 5.02 Å². The van der Waals surface area contributed by atoms with E-state index in [-0.39, 0.29) is 0 Å². The maximum absolute atomic E-state index is 6.03. The molecule has 0 fully saturated rings. The Hall–Kier alpha value is -1.32. The van der Waals surface area contributed by atoms with Crippen LogP contribution >= 0.6 is 11.6 Å². The van der Waals surface area contributed by atoms with Crippen molar-refractivity contribution in [1.29, 1.82) is 0 Å². The Kier molecular flexibility index (Phi) is 4.61. The first kappa shape index (κ1) is 14.1. The molecule has 0 spiro atoms. The molecule has 19 heavy (non-hydrogen) atoms. The predicted octanol–water partition coefficient (Wildman–Crippen LogP) is 3.28. The molecule has 2 rings (SSSR count). The lowest BCUT2D eigenvalue weighted by molar-refractivity contribution is 0.547. The zero-order chi connectivity index (χ0) is 13.8. The van der Waals surface area contributed by atoms with Crippen molar-refractivity contribution >= 4 is 11.6 Å². The second kappa shape index (κ2) is 6.22. The summed E-state index contributed by atoms with van der Waals surface area (Å²) in [5.41, 5.74) is 3.76. The first-order valence-corrected chi connectivity index (χ1v) is 6.95. The van der Waals surface area contributed by atoms with Crippen LogP contribution in [0.3, 0.4) is 0 Å². The lowest BCUT2D eigenvalue weighted by Gasteiger charge is -2.20. The van der Waals surface area contributed by atoms with E-state index in [1.165, 1.54) is 16.7 Å². The second-order valence-corrected chi connectivity index (χ2v) is 5.27. The minimum absolute atomic E-state index is 0.298. The summed E-state index contributed by atoms with van der Waals surface area (Å²) >= 11 is 6.03. The number of benzene rings is 1. The number of hydrogen-bond acceptors (Lipinski definition) is 2. The van der Waals surface area contributed by atoms with E-state index in [1.54, 1.807) is 0 Å². The number of hydrogen-bond donors (Lipinski definition) is 1. The van der Waals surface area contributed by atoms with Gasteiger partial charge in [-0.25, -0.2) is 0 Å². The van der Waals surface area contributed by atoms with Gasteiger partial charge in [0.15, 0.2) is 0 Å². The van der Waals surface area contributed by atoms with Crippen molar-refractivity contribution in [1.82, 2.24) is 15.1 Å². The van der Waals surface area contributed by atoms with Crippen LogP contribution in [0, 0.1) is 6.92 Å². The zero-order valence-corrected chi connectivity index (χ0v) is 12.4. The Morgan fingerprint density at radius 1 is 1.42 bits per heavy atom. The summed E-state index contributed by atoms with van der Waals surface area (Å²) in [6.07, 6.45) is 4.93. The molecule has 1 aromatic carbocycles. The van der Waals surface area contributed by atoms with Gasteiger partial charge in [-0.05, 0) is 48.7 Å². The molecule has 0 saturated heterocycles. The van der Waals surface area contributed by atoms with E-state index in [1.807, 2.05) is 30.1 Å². The first-order valence-electron chi connectivity index (χ1n) is 6.57. The van der Waals surface area contributed by atoms with E-state index in [0.717, 1.165) is 18.0 Å². The van der Waals surface area contributed by atoms with Gasteiger partial charge in [0, 0.05) is 24.3 Å². The summed E-state index contributed by atoms with van der Waals surface area (Å²) in [7, 11) is 1.94. The third-order valence-corrected chi connectivity index (χ3v) is 3.49. The normalized spacial score (nSPS) is 12.6. The summed E-state index contributed by atoms with van der Waals surface area (Å²) in [6, 6.07) is 6.38. The van der Waals surface area contributed by atoms with E-state index >= 15 is 0 Å². The van der Waals surface area contributed by atoms with Gasteiger partial charge in [-0.15, -0.1) is 0 Å². The van der Waals surface area contributed by atoms with E-state index < -0.39 is 0 Å². The molecule has 0 amide bonds. The van der Waals surface area contributed by atoms with Gasteiger partial charge < -0.3 is 5.32 Å². The Bertz CT molecular complexity index is 548. The lowest BCUT2D eigenvalue weighted by atomic mass is 9.96. The summed E-state index contributed by atoms with van der Waals surface area (Å²) in [4.78, 5) is 0. The molecule has 102 valence electrons. The highest BCUT2D eigenvalue weighted by Crippen LogP contribution is 2.24. The molecule has 2 aromatic rings. The molecule has 0 aliphatic heterocycles. The van der Waals surface area contributed by atoms with Crippen molar-refractivity contribution in [3.05, 3.63) is 52.3 Å². The number of nitrogens with zero attached hydrogens (tertiary/aromatic N) is 2. The van der Waals surface area contributed by atoms with Gasteiger partial charge in [0.2, 0.25) is 0 Å². The Morgan fingerprint density at radius 3 is 2.79 bits per heavy atom. The Labute approximate surface area is 119 Å². The van der Waals surface area contributed by atoms with Crippen LogP contribution in [-0.2, 0) is 13.5 Å². The fraction of sp³-hybridized carbons (Fsp3) is 0.400. The molecule has 0 bridgehead atoms. The maximum atomic E-state index is 6.03. The maximum Gasteiger partial charge on any atom is 0.0522 e. The van der Waals surface area contributed by atoms with Gasteiger partial charge >= 0.3 is 0 Å². The number of rotatable bonds is 5. The molecule has 1 atom stereocenters. The van der Waals surface area contributed by atoms with Gasteiger partial charge in [0.25, 0.3) is 0 Å². The van der Waals surface area contributed by atoms with E-state index in [0.29, 0.717) is 6.04 Å². The predicted molar refractivity (Wildman–Crippen MR) is 79.5 cm³/mol. The summed E-state index contributed by atoms with van der Waals surface area (Å²) in [5.74, 6) is 0. The largest absolute Gasteiger partial charge is 0.310 e. The zero-order valence-electron chi connectivity index (χ0n) is 11.7. The molecule has 1 aromatic heterocycles. The molecule has 1 unspecified atom stereocenters. The van der Waals surface area contributed by atoms with E-state index in [2.05, 4.69) is 36.5 Å². The first-order chi connectivity index (χ1) is 9.10. The van der Waals surface area contributed by atoms with Crippen molar-refractivity contribution in [3.63, 3.8) is 0 Å². The van der Waals surface area contributed by atoms with Gasteiger partial charge in [-0.2, -0.15) is 5.10 Å². The summed E-state index contributed by atoms with van der Waals surface area (Å²) in [5, 5.41) is 8.55. The van der Waals surface area contributed by atoms with Crippen molar-refractivity contribution in [2.75, 3.05) is 6.54 Å². The summed E-state index contributed by atoms with van der Waals surface area (Å²) in [6.45, 7) is 5.17. The standard InChI is InChI=1S/C15H20ClN3/c1-4-17-15(8-12-9-18-19(3)10-12)14-6-5-13(16)7-11(14)2/h5-7,9-10,15,17H,4,8H2,1-3H3. The van der Waals surface area contributed by atoms with Crippen molar-refractivity contribution in [2.24, 2.45) is 7.05 Å². The summed E-state index contributed by atoms with van der Waals surface area (Å²) < 4.78 is 1.84. The van der Waals surface area contributed by atoms with Gasteiger partial charge in [-0.3, -0.25) is 4.68 Å². The van der Waals surface area contributed by atoms with Crippen molar-refractivity contribution in [3.8, 4) is 0 Å². The number of aryl methyl sites for hydroxylation is 2. The minimum Gasteiger partial charge on any atom is -0.310 e. The third kappa shape index (κ3) is 3.58. The molecule has 0 aliphatic rings. The SMILES string of the molecule is CCNC(Cc1cnn(C)c1)c1ccc(Cl)cc1C. The number of halogens is 1. The van der Waals surface area contributed by atoms with Crippen LogP contribution in [0.25, 0.3) is 0 Å². The molecule has 1 N–H and O–H groups in total. The van der Waals surface area contributed by atoms with Crippen LogP contribution in [0.4, 0.5) is 0 Å². The average molecular weight is 278 g/mol. The monoisotopic (exact) mass is 277 g/mol. The Balaban J connectivity index is 2.23. The van der Waals surface area contributed by atoms with Crippen molar-refractivity contribution in [2.45, 2.75) is 26.3 Å². The molecule has 0 aliphatic carbocycles. The number of nitrogens with one attached hydrogen (secondary N) is 1. The van der Waals surface area contributed by atoms with Gasteiger partial charge in [0.1, 0.15) is 0 Å². The van der Waals surface area contributed by atoms with Crippen molar-refractivity contribution < 1.29 is 0 Å². The smallest absolute Gasteiger partial charge is 0.0522 e. The van der Waals surface area contributed by atoms with Crippen LogP contribution < -0.4 is 5.32 Å². The van der Waals surface area contributed by atoms with Gasteiger partial charge in [0.05, 0.1) is 6.20 Å². The van der Waals surface area contributed by atoms with E-state index in [4.69, 9.17) is 11.6 Å². The molecular weight excluding hydrogens is 258 g/mol. The quantitative estimate of drug-likeness (QED) is 0.909. The lowest BCUT2D eigenvalue weighted by Crippen LogP contribution is -2.23. The number of likely N-dealkylation sites (N-methyl/N-ethyl adjacent to an activating group) is 1. The number of aromatic nitrogens is 2. The van der Waals surface area contributed by atoms with Crippen LogP contribution in [0.5, 0.6) is 0 Å². The highest BCUT2D eigenvalue weighted by Gasteiger charge is 2.14. The average Bonchev–Trinajstić information content (AvgIpc) is 2.74. The highest BCUT2D eigenvalue weighted by molar-refractivity contribution is 6.30. The third-order valence-electron chi connectivity index (χ3n) is 3.26. The second-order valence-electron chi connectivity index (χ2n) is 4.84. The molecule has 4 heteroatoms. The molecule has 0 radical (unpaired) electrons. The highest BCUT2D eigenvalue weighted by atomic mass is 35.5. The van der Waals surface area contributed by atoms with Crippen LogP contribution in [-0.4, -0.2) is 16.3 Å². The molecule has 3 nitrogen and oxygen atoms in total. The van der Waals surface area contributed by atoms with Crippen LogP contribution in [0.15, 0.2) is 30.6 Å². The molecule has 0 saturated carbocycles. The fourth-order valence-electron chi connectivity index (χ4n) is 2.38. The van der Waals surface area contributed by atoms with E-state index in [9.17, 15) is 0 Å².